The van der Waals surface area contributed by atoms with Gasteiger partial charge in [-0.3, -0.25) is 0 Å². The van der Waals surface area contributed by atoms with Gasteiger partial charge in [0.2, 0.25) is 0 Å². The minimum atomic E-state index is -0.369. The summed E-state index contributed by atoms with van der Waals surface area (Å²) in [5.41, 5.74) is 2.06. The van der Waals surface area contributed by atoms with E-state index >= 15 is 0 Å². The summed E-state index contributed by atoms with van der Waals surface area (Å²) >= 11 is 0. The second-order valence-corrected chi connectivity index (χ2v) is 6.30. The highest BCUT2D eigenvalue weighted by Gasteiger charge is 2.39. The molecule has 1 aliphatic rings. The molecule has 2 rings (SSSR count). The summed E-state index contributed by atoms with van der Waals surface area (Å²) in [7, 11) is 1.65. The van der Waals surface area contributed by atoms with Crippen LogP contribution in [0.25, 0.3) is 0 Å². The first-order valence-electron chi connectivity index (χ1n) is 6.96. The number of halogens is 1. The lowest BCUT2D eigenvalue weighted by Crippen LogP contribution is -2.47. The van der Waals surface area contributed by atoms with Gasteiger partial charge in [-0.15, -0.1) is 12.4 Å². The molecule has 1 aliphatic heterocycles. The molecular formula is C16H24ClNO3. The van der Waals surface area contributed by atoms with Gasteiger partial charge in [-0.1, -0.05) is 33.8 Å². The molecule has 0 bridgehead atoms. The van der Waals surface area contributed by atoms with Crippen LogP contribution in [0.1, 0.15) is 50.8 Å². The normalized spacial score (nSPS) is 20.3. The molecule has 1 N–H and O–H groups in total. The first-order valence-corrected chi connectivity index (χ1v) is 6.96. The maximum atomic E-state index is 11.6. The zero-order chi connectivity index (χ0) is 14.9. The summed E-state index contributed by atoms with van der Waals surface area (Å²) in [6.07, 6.45) is -0.369. The summed E-state index contributed by atoms with van der Waals surface area (Å²) < 4.78 is 10.6. The van der Waals surface area contributed by atoms with Gasteiger partial charge in [-0.05, 0) is 23.6 Å². The van der Waals surface area contributed by atoms with Crippen molar-refractivity contribution in [2.45, 2.75) is 39.7 Å². The predicted molar refractivity (Wildman–Crippen MR) is 85.3 cm³/mol. The van der Waals surface area contributed by atoms with E-state index in [4.69, 9.17) is 9.47 Å². The summed E-state index contributed by atoms with van der Waals surface area (Å²) in [5.74, 6) is 1.23. The quantitative estimate of drug-likeness (QED) is 0.916. The number of alkyl carbamates (subject to hydrolysis) is 1. The number of hydrogen-bond donors (Lipinski definition) is 1. The van der Waals surface area contributed by atoms with Crippen LogP contribution in [0.2, 0.25) is 0 Å². The lowest BCUT2D eigenvalue weighted by Gasteiger charge is -2.39. The number of benzene rings is 1. The number of hydrogen-bond acceptors (Lipinski definition) is 3. The second kappa shape index (κ2) is 6.56. The third-order valence-electron chi connectivity index (χ3n) is 3.85. The predicted octanol–water partition coefficient (Wildman–Crippen LogP) is 4.05. The van der Waals surface area contributed by atoms with E-state index in [0.717, 1.165) is 11.3 Å². The molecule has 1 atom stereocenters. The molecule has 21 heavy (non-hydrogen) atoms. The van der Waals surface area contributed by atoms with E-state index in [2.05, 4.69) is 45.1 Å². The van der Waals surface area contributed by atoms with E-state index in [-0.39, 0.29) is 30.0 Å². The number of methoxy groups -OCH3 is 1. The van der Waals surface area contributed by atoms with Crippen LogP contribution in [-0.4, -0.2) is 19.8 Å². The Balaban J connectivity index is 0.00000220. The minimum absolute atomic E-state index is 0. The van der Waals surface area contributed by atoms with Crippen molar-refractivity contribution in [3.05, 3.63) is 29.3 Å². The molecule has 0 aliphatic carbocycles. The summed E-state index contributed by atoms with van der Waals surface area (Å²) in [4.78, 5) is 11.6. The van der Waals surface area contributed by atoms with E-state index in [9.17, 15) is 4.79 Å². The molecule has 0 unspecified atom stereocenters. The Labute approximate surface area is 132 Å². The molecule has 1 aromatic carbocycles. The Kier molecular flexibility index (Phi) is 5.51. The van der Waals surface area contributed by atoms with Crippen molar-refractivity contribution in [3.63, 3.8) is 0 Å². The van der Waals surface area contributed by atoms with Crippen LogP contribution in [0, 0.1) is 5.41 Å². The summed E-state index contributed by atoms with van der Waals surface area (Å²) in [6, 6.07) is 6.06. The maximum absolute atomic E-state index is 11.6. The Bertz CT molecular complexity index is 514. The van der Waals surface area contributed by atoms with E-state index in [1.165, 1.54) is 5.56 Å². The molecule has 1 amide bonds. The number of carbonyl (C=O) groups excluding carboxylic acids is 1. The molecule has 1 saturated heterocycles. The fraction of sp³-hybridized carbons (Fsp3) is 0.562. The number of carbonyl (C=O) groups is 1. The molecule has 0 radical (unpaired) electrons. The van der Waals surface area contributed by atoms with Gasteiger partial charge in [0.1, 0.15) is 12.4 Å². The fourth-order valence-electron chi connectivity index (χ4n) is 2.53. The molecule has 1 fully saturated rings. The molecule has 0 saturated carbocycles. The number of cyclic esters (lactones) is 1. The zero-order valence-electron chi connectivity index (χ0n) is 13.2. The average Bonchev–Trinajstić information content (AvgIpc) is 2.40. The van der Waals surface area contributed by atoms with Gasteiger partial charge in [-0.2, -0.15) is 0 Å². The highest BCUT2D eigenvalue weighted by molar-refractivity contribution is 5.85. The van der Waals surface area contributed by atoms with E-state index in [1.54, 1.807) is 7.11 Å². The number of nitrogens with one attached hydrogen (secondary N) is 1. The van der Waals surface area contributed by atoms with Crippen molar-refractivity contribution >= 4 is 18.5 Å². The van der Waals surface area contributed by atoms with Crippen molar-refractivity contribution in [1.29, 1.82) is 0 Å². The van der Waals surface area contributed by atoms with E-state index in [1.807, 2.05) is 6.07 Å². The Morgan fingerprint density at radius 3 is 2.62 bits per heavy atom. The third kappa shape index (κ3) is 3.62. The van der Waals surface area contributed by atoms with E-state index in [0.29, 0.717) is 12.5 Å². The number of amides is 1. The lowest BCUT2D eigenvalue weighted by molar-refractivity contribution is 0.0381. The van der Waals surface area contributed by atoms with Crippen molar-refractivity contribution in [2.24, 2.45) is 5.41 Å². The lowest BCUT2D eigenvalue weighted by atomic mass is 9.79. The Morgan fingerprint density at radius 2 is 2.05 bits per heavy atom. The molecule has 5 heteroatoms. The summed E-state index contributed by atoms with van der Waals surface area (Å²) in [5, 5.41) is 2.92. The molecule has 1 aromatic rings. The van der Waals surface area contributed by atoms with Gasteiger partial charge in [0.25, 0.3) is 0 Å². The first kappa shape index (κ1) is 17.6. The van der Waals surface area contributed by atoms with Crippen LogP contribution in [0.15, 0.2) is 18.2 Å². The maximum Gasteiger partial charge on any atom is 0.407 e. The van der Waals surface area contributed by atoms with Crippen molar-refractivity contribution in [1.82, 2.24) is 5.32 Å². The van der Waals surface area contributed by atoms with Gasteiger partial charge in [-0.25, -0.2) is 4.79 Å². The van der Waals surface area contributed by atoms with Gasteiger partial charge in [0.05, 0.1) is 13.2 Å². The Morgan fingerprint density at radius 1 is 1.38 bits per heavy atom. The largest absolute Gasteiger partial charge is 0.496 e. The van der Waals surface area contributed by atoms with Crippen LogP contribution in [0.3, 0.4) is 0 Å². The molecular weight excluding hydrogens is 290 g/mol. The molecule has 0 aromatic heterocycles. The van der Waals surface area contributed by atoms with Crippen LogP contribution in [0.5, 0.6) is 5.75 Å². The smallest absolute Gasteiger partial charge is 0.407 e. The third-order valence-corrected chi connectivity index (χ3v) is 3.85. The van der Waals surface area contributed by atoms with Gasteiger partial charge >= 0.3 is 6.09 Å². The van der Waals surface area contributed by atoms with Gasteiger partial charge < -0.3 is 14.8 Å². The second-order valence-electron chi connectivity index (χ2n) is 6.30. The monoisotopic (exact) mass is 313 g/mol. The fourth-order valence-corrected chi connectivity index (χ4v) is 2.53. The van der Waals surface area contributed by atoms with Gasteiger partial charge in [0, 0.05) is 11.0 Å². The van der Waals surface area contributed by atoms with Crippen molar-refractivity contribution in [3.8, 4) is 5.75 Å². The standard InChI is InChI=1S/C16H23NO3.ClH/c1-10(2)11-6-7-13(19-5)12(8-11)14-16(3,4)9-20-15(18)17-14;/h6-8,10,14H,9H2,1-5H3,(H,17,18);1H/t14-;/m0./s1. The van der Waals surface area contributed by atoms with Crippen molar-refractivity contribution in [2.75, 3.05) is 13.7 Å². The van der Waals surface area contributed by atoms with Crippen molar-refractivity contribution < 1.29 is 14.3 Å². The first-order chi connectivity index (χ1) is 9.35. The van der Waals surface area contributed by atoms with Gasteiger partial charge in [0.15, 0.2) is 0 Å². The highest BCUT2D eigenvalue weighted by Crippen LogP contribution is 2.41. The van der Waals surface area contributed by atoms with Crippen LogP contribution in [-0.2, 0) is 4.74 Å². The van der Waals surface area contributed by atoms with Crippen LogP contribution < -0.4 is 10.1 Å². The number of rotatable bonds is 3. The average molecular weight is 314 g/mol. The molecule has 1 heterocycles. The van der Waals surface area contributed by atoms with Crippen LogP contribution >= 0.6 is 12.4 Å². The molecule has 4 nitrogen and oxygen atoms in total. The van der Waals surface area contributed by atoms with Crippen LogP contribution in [0.4, 0.5) is 4.79 Å². The topological polar surface area (TPSA) is 47.6 Å². The highest BCUT2D eigenvalue weighted by atomic mass is 35.5. The SMILES string of the molecule is COc1ccc(C(C)C)cc1[C@@H]1NC(=O)OCC1(C)C.Cl. The minimum Gasteiger partial charge on any atom is -0.496 e. The molecule has 118 valence electrons. The number of ether oxygens (including phenoxy) is 2. The van der Waals surface area contributed by atoms with E-state index < -0.39 is 0 Å². The molecule has 0 spiro atoms. The summed E-state index contributed by atoms with van der Waals surface area (Å²) in [6.45, 7) is 8.87. The Hall–Kier alpha value is -1.42. The zero-order valence-corrected chi connectivity index (χ0v) is 14.0.